The average molecular weight is 237 g/mol. The smallest absolute Gasteiger partial charge is 0.226 e. The molecule has 2 heterocycles. The summed E-state index contributed by atoms with van der Waals surface area (Å²) in [4.78, 5) is 3.80. The van der Waals surface area contributed by atoms with Crippen LogP contribution < -0.4 is 4.74 Å². The van der Waals surface area contributed by atoms with Gasteiger partial charge in [-0.3, -0.25) is 0 Å². The maximum Gasteiger partial charge on any atom is 0.226 e. The van der Waals surface area contributed by atoms with E-state index in [2.05, 4.69) is 10.1 Å². The highest BCUT2D eigenvalue weighted by Gasteiger charge is 2.10. The molecule has 0 atom stereocenters. The SMILES string of the molecule is Cc1cc(Oc2ncc(F)cc2CO)n(C)n1. The van der Waals surface area contributed by atoms with Crippen molar-refractivity contribution in [2.24, 2.45) is 7.05 Å². The van der Waals surface area contributed by atoms with Gasteiger partial charge >= 0.3 is 0 Å². The van der Waals surface area contributed by atoms with Gasteiger partial charge in [-0.1, -0.05) is 0 Å². The molecule has 0 fully saturated rings. The summed E-state index contributed by atoms with van der Waals surface area (Å²) in [6, 6.07) is 2.91. The normalized spacial score (nSPS) is 10.6. The quantitative estimate of drug-likeness (QED) is 0.879. The van der Waals surface area contributed by atoms with Crippen LogP contribution in [0.1, 0.15) is 11.3 Å². The van der Waals surface area contributed by atoms with Crippen molar-refractivity contribution in [3.05, 3.63) is 35.4 Å². The zero-order chi connectivity index (χ0) is 12.4. The zero-order valence-electron chi connectivity index (χ0n) is 9.51. The number of hydrogen-bond acceptors (Lipinski definition) is 4. The van der Waals surface area contributed by atoms with E-state index in [0.29, 0.717) is 11.4 Å². The molecule has 0 aliphatic carbocycles. The summed E-state index contributed by atoms with van der Waals surface area (Å²) in [5.74, 6) is 0.149. The summed E-state index contributed by atoms with van der Waals surface area (Å²) in [6.45, 7) is 1.49. The number of hydrogen-bond donors (Lipinski definition) is 1. The first-order valence-corrected chi connectivity index (χ1v) is 5.04. The van der Waals surface area contributed by atoms with E-state index in [1.54, 1.807) is 17.8 Å². The van der Waals surface area contributed by atoms with Gasteiger partial charge in [-0.15, -0.1) is 0 Å². The minimum Gasteiger partial charge on any atom is -0.421 e. The van der Waals surface area contributed by atoms with Crippen molar-refractivity contribution in [1.29, 1.82) is 0 Å². The molecule has 0 amide bonds. The second-order valence-corrected chi connectivity index (χ2v) is 3.63. The molecule has 1 N–H and O–H groups in total. The van der Waals surface area contributed by atoms with Gasteiger partial charge in [0.2, 0.25) is 11.8 Å². The standard InChI is InChI=1S/C11H12FN3O2/c1-7-3-10(15(2)14-7)17-11-8(6-16)4-9(12)5-13-11/h3-5,16H,6H2,1-2H3. The van der Waals surface area contributed by atoms with Crippen LogP contribution in [0, 0.1) is 12.7 Å². The number of aliphatic hydroxyl groups is 1. The largest absolute Gasteiger partial charge is 0.421 e. The third-order valence-electron chi connectivity index (χ3n) is 2.22. The average Bonchev–Trinajstić information content (AvgIpc) is 2.60. The van der Waals surface area contributed by atoms with Crippen LogP contribution in [0.3, 0.4) is 0 Å². The Morgan fingerprint density at radius 2 is 2.24 bits per heavy atom. The highest BCUT2D eigenvalue weighted by molar-refractivity contribution is 5.29. The molecule has 0 aliphatic rings. The minimum atomic E-state index is -0.511. The van der Waals surface area contributed by atoms with Crippen LogP contribution in [0.5, 0.6) is 11.8 Å². The molecule has 0 aliphatic heterocycles. The molecule has 6 heteroatoms. The first-order valence-electron chi connectivity index (χ1n) is 5.04. The molecule has 0 aromatic carbocycles. The van der Waals surface area contributed by atoms with Gasteiger partial charge < -0.3 is 9.84 Å². The van der Waals surface area contributed by atoms with Crippen LogP contribution in [0.15, 0.2) is 18.3 Å². The van der Waals surface area contributed by atoms with E-state index < -0.39 is 5.82 Å². The Balaban J connectivity index is 2.32. The molecule has 0 bridgehead atoms. The lowest BCUT2D eigenvalue weighted by Crippen LogP contribution is -2.00. The first kappa shape index (κ1) is 11.5. The van der Waals surface area contributed by atoms with Crippen LogP contribution in [0.4, 0.5) is 4.39 Å². The number of aryl methyl sites for hydroxylation is 2. The molecular formula is C11H12FN3O2. The van der Waals surface area contributed by atoms with Gasteiger partial charge in [-0.25, -0.2) is 14.1 Å². The lowest BCUT2D eigenvalue weighted by molar-refractivity contribution is 0.272. The van der Waals surface area contributed by atoms with Gasteiger partial charge in [0, 0.05) is 18.7 Å². The van der Waals surface area contributed by atoms with E-state index in [-0.39, 0.29) is 12.5 Å². The van der Waals surface area contributed by atoms with E-state index in [0.717, 1.165) is 11.9 Å². The predicted octanol–water partition coefficient (Wildman–Crippen LogP) is 1.55. The number of pyridine rings is 1. The maximum atomic E-state index is 12.9. The highest BCUT2D eigenvalue weighted by atomic mass is 19.1. The molecule has 0 saturated heterocycles. The van der Waals surface area contributed by atoms with E-state index >= 15 is 0 Å². The van der Waals surface area contributed by atoms with Crippen molar-refractivity contribution in [2.45, 2.75) is 13.5 Å². The van der Waals surface area contributed by atoms with Crippen LogP contribution in [0.2, 0.25) is 0 Å². The molecule has 2 aromatic rings. The molecule has 17 heavy (non-hydrogen) atoms. The van der Waals surface area contributed by atoms with Crippen molar-refractivity contribution >= 4 is 0 Å². The molecule has 0 saturated carbocycles. The Kier molecular flexibility index (Phi) is 3.06. The Bertz CT molecular complexity index is 540. The molecule has 90 valence electrons. The highest BCUT2D eigenvalue weighted by Crippen LogP contribution is 2.23. The lowest BCUT2D eigenvalue weighted by Gasteiger charge is -2.07. The third-order valence-corrected chi connectivity index (χ3v) is 2.22. The van der Waals surface area contributed by atoms with Crippen molar-refractivity contribution in [3.63, 3.8) is 0 Å². The molecule has 5 nitrogen and oxygen atoms in total. The summed E-state index contributed by atoms with van der Waals surface area (Å²) in [7, 11) is 1.73. The molecule has 0 radical (unpaired) electrons. The van der Waals surface area contributed by atoms with E-state index in [1.165, 1.54) is 6.07 Å². The number of aromatic nitrogens is 3. The van der Waals surface area contributed by atoms with Crippen LogP contribution in [-0.2, 0) is 13.7 Å². The fourth-order valence-corrected chi connectivity index (χ4v) is 1.46. The number of rotatable bonds is 3. The van der Waals surface area contributed by atoms with Gasteiger partial charge in [0.1, 0.15) is 5.82 Å². The van der Waals surface area contributed by atoms with Crippen LogP contribution in [0.25, 0.3) is 0 Å². The molecule has 2 aromatic heterocycles. The Hall–Kier alpha value is -1.95. The second-order valence-electron chi connectivity index (χ2n) is 3.63. The number of ether oxygens (including phenoxy) is 1. The third kappa shape index (κ3) is 2.42. The number of halogens is 1. The van der Waals surface area contributed by atoms with Crippen molar-refractivity contribution < 1.29 is 14.2 Å². The molecule has 0 spiro atoms. The summed E-state index contributed by atoms with van der Waals surface area (Å²) < 4.78 is 19.9. The summed E-state index contributed by atoms with van der Waals surface area (Å²) in [6.07, 6.45) is 1.04. The van der Waals surface area contributed by atoms with Crippen LogP contribution in [-0.4, -0.2) is 19.9 Å². The van der Waals surface area contributed by atoms with Gasteiger partial charge in [0.15, 0.2) is 0 Å². The number of nitrogens with zero attached hydrogens (tertiary/aromatic N) is 3. The van der Waals surface area contributed by atoms with E-state index in [1.807, 2.05) is 6.92 Å². The van der Waals surface area contributed by atoms with Gasteiger partial charge in [-0.2, -0.15) is 5.10 Å². The van der Waals surface area contributed by atoms with Gasteiger partial charge in [0.25, 0.3) is 0 Å². The zero-order valence-corrected chi connectivity index (χ0v) is 9.51. The van der Waals surface area contributed by atoms with Gasteiger partial charge in [-0.05, 0) is 13.0 Å². The van der Waals surface area contributed by atoms with Crippen molar-refractivity contribution in [1.82, 2.24) is 14.8 Å². The minimum absolute atomic E-state index is 0.178. The number of aliphatic hydroxyl groups excluding tert-OH is 1. The fourth-order valence-electron chi connectivity index (χ4n) is 1.46. The summed E-state index contributed by atoms with van der Waals surface area (Å²) in [5, 5.41) is 13.2. The second kappa shape index (κ2) is 4.50. The van der Waals surface area contributed by atoms with E-state index in [9.17, 15) is 4.39 Å². The summed E-state index contributed by atoms with van der Waals surface area (Å²) in [5.41, 5.74) is 1.10. The van der Waals surface area contributed by atoms with Crippen LogP contribution >= 0.6 is 0 Å². The molecule has 0 unspecified atom stereocenters. The summed E-state index contributed by atoms with van der Waals surface area (Å²) >= 11 is 0. The van der Waals surface area contributed by atoms with E-state index in [4.69, 9.17) is 9.84 Å². The topological polar surface area (TPSA) is 60.2 Å². The van der Waals surface area contributed by atoms with Crippen molar-refractivity contribution in [3.8, 4) is 11.8 Å². The fraction of sp³-hybridized carbons (Fsp3) is 0.273. The molecule has 2 rings (SSSR count). The first-order chi connectivity index (χ1) is 8.10. The van der Waals surface area contributed by atoms with Gasteiger partial charge in [0.05, 0.1) is 18.5 Å². The predicted molar refractivity (Wildman–Crippen MR) is 58.1 cm³/mol. The Morgan fingerprint density at radius 1 is 1.47 bits per heavy atom. The van der Waals surface area contributed by atoms with Crippen molar-refractivity contribution in [2.75, 3.05) is 0 Å². The monoisotopic (exact) mass is 237 g/mol. The maximum absolute atomic E-state index is 12.9. The Morgan fingerprint density at radius 3 is 2.82 bits per heavy atom. The Labute approximate surface area is 97.5 Å². The lowest BCUT2D eigenvalue weighted by atomic mass is 10.3. The molecular weight excluding hydrogens is 225 g/mol.